The van der Waals surface area contributed by atoms with Crippen LogP contribution in [0.15, 0.2) is 43.0 Å². The first-order valence-electron chi connectivity index (χ1n) is 6.55. The summed E-state index contributed by atoms with van der Waals surface area (Å²) in [6.45, 7) is 5.04. The SMILES string of the molecule is c1cnc(N2CCN(Cc3ccncc3)CC2)nc1. The van der Waals surface area contributed by atoms with Crippen molar-refractivity contribution in [2.45, 2.75) is 6.54 Å². The summed E-state index contributed by atoms with van der Waals surface area (Å²) in [5.74, 6) is 0.839. The molecule has 5 nitrogen and oxygen atoms in total. The summed E-state index contributed by atoms with van der Waals surface area (Å²) in [6, 6.07) is 6.00. The van der Waals surface area contributed by atoms with E-state index in [0.717, 1.165) is 38.7 Å². The summed E-state index contributed by atoms with van der Waals surface area (Å²) in [6.07, 6.45) is 7.30. The van der Waals surface area contributed by atoms with E-state index in [9.17, 15) is 0 Å². The van der Waals surface area contributed by atoms with Gasteiger partial charge in [0.25, 0.3) is 0 Å². The van der Waals surface area contributed by atoms with Gasteiger partial charge in [-0.25, -0.2) is 9.97 Å². The van der Waals surface area contributed by atoms with Crippen LogP contribution in [0.1, 0.15) is 5.56 Å². The summed E-state index contributed by atoms with van der Waals surface area (Å²) in [5, 5.41) is 0. The fraction of sp³-hybridized carbons (Fsp3) is 0.357. The molecule has 0 amide bonds. The average Bonchev–Trinajstić information content (AvgIpc) is 2.50. The second-order valence-corrected chi connectivity index (χ2v) is 4.67. The molecule has 2 aromatic heterocycles. The molecule has 0 spiro atoms. The van der Waals surface area contributed by atoms with Crippen LogP contribution in [0.25, 0.3) is 0 Å². The van der Waals surface area contributed by atoms with Crippen molar-refractivity contribution < 1.29 is 0 Å². The molecule has 0 N–H and O–H groups in total. The Morgan fingerprint density at radius 1 is 0.895 bits per heavy atom. The van der Waals surface area contributed by atoms with Crippen LogP contribution in [0.4, 0.5) is 5.95 Å². The van der Waals surface area contributed by atoms with Gasteiger partial charge in [0, 0.05) is 57.5 Å². The minimum Gasteiger partial charge on any atom is -0.338 e. The van der Waals surface area contributed by atoms with E-state index < -0.39 is 0 Å². The molecule has 2 aromatic rings. The van der Waals surface area contributed by atoms with Gasteiger partial charge in [-0.3, -0.25) is 9.88 Å². The molecule has 0 aliphatic carbocycles. The number of rotatable bonds is 3. The van der Waals surface area contributed by atoms with Crippen LogP contribution in [0.3, 0.4) is 0 Å². The molecule has 0 aromatic carbocycles. The molecule has 1 aliphatic heterocycles. The first-order chi connectivity index (χ1) is 9.42. The van der Waals surface area contributed by atoms with E-state index in [2.05, 4.69) is 36.9 Å². The van der Waals surface area contributed by atoms with Crippen molar-refractivity contribution in [2.24, 2.45) is 0 Å². The van der Waals surface area contributed by atoms with Gasteiger partial charge in [-0.1, -0.05) is 0 Å². The Morgan fingerprint density at radius 3 is 2.26 bits per heavy atom. The van der Waals surface area contributed by atoms with E-state index in [1.165, 1.54) is 5.56 Å². The third kappa shape index (κ3) is 3.06. The maximum absolute atomic E-state index is 4.30. The number of hydrogen-bond donors (Lipinski definition) is 0. The molecule has 0 bridgehead atoms. The fourth-order valence-electron chi connectivity index (χ4n) is 2.31. The van der Waals surface area contributed by atoms with Crippen molar-refractivity contribution in [1.82, 2.24) is 19.9 Å². The van der Waals surface area contributed by atoms with E-state index in [0.29, 0.717) is 0 Å². The molecule has 98 valence electrons. The highest BCUT2D eigenvalue weighted by Gasteiger charge is 2.18. The van der Waals surface area contributed by atoms with Crippen LogP contribution in [-0.2, 0) is 6.54 Å². The zero-order valence-electron chi connectivity index (χ0n) is 10.8. The summed E-state index contributed by atoms with van der Waals surface area (Å²) in [5.41, 5.74) is 1.32. The quantitative estimate of drug-likeness (QED) is 0.824. The highest BCUT2D eigenvalue weighted by molar-refractivity contribution is 5.29. The lowest BCUT2D eigenvalue weighted by atomic mass is 10.2. The zero-order valence-corrected chi connectivity index (χ0v) is 10.8. The number of hydrogen-bond acceptors (Lipinski definition) is 5. The summed E-state index contributed by atoms with van der Waals surface area (Å²) in [4.78, 5) is 17.3. The molecule has 0 radical (unpaired) electrons. The maximum atomic E-state index is 4.30. The van der Waals surface area contributed by atoms with Crippen LogP contribution >= 0.6 is 0 Å². The number of nitrogens with zero attached hydrogens (tertiary/aromatic N) is 5. The van der Waals surface area contributed by atoms with Crippen molar-refractivity contribution in [3.05, 3.63) is 48.5 Å². The highest BCUT2D eigenvalue weighted by atomic mass is 15.3. The van der Waals surface area contributed by atoms with Crippen molar-refractivity contribution in [1.29, 1.82) is 0 Å². The maximum Gasteiger partial charge on any atom is 0.225 e. The molecular formula is C14H17N5. The number of pyridine rings is 1. The van der Waals surface area contributed by atoms with E-state index in [1.54, 1.807) is 12.4 Å². The molecular weight excluding hydrogens is 238 g/mol. The van der Waals surface area contributed by atoms with Crippen molar-refractivity contribution >= 4 is 5.95 Å². The molecule has 5 heteroatoms. The second-order valence-electron chi connectivity index (χ2n) is 4.67. The molecule has 0 unspecified atom stereocenters. The lowest BCUT2D eigenvalue weighted by Gasteiger charge is -2.34. The number of anilines is 1. The molecule has 3 rings (SSSR count). The number of piperazine rings is 1. The third-order valence-corrected chi connectivity index (χ3v) is 3.36. The van der Waals surface area contributed by atoms with Crippen molar-refractivity contribution in [3.8, 4) is 0 Å². The summed E-state index contributed by atoms with van der Waals surface area (Å²) in [7, 11) is 0. The van der Waals surface area contributed by atoms with Crippen LogP contribution in [0, 0.1) is 0 Å². The lowest BCUT2D eigenvalue weighted by molar-refractivity contribution is 0.248. The van der Waals surface area contributed by atoms with Gasteiger partial charge in [0.05, 0.1) is 0 Å². The van der Waals surface area contributed by atoms with Crippen LogP contribution < -0.4 is 4.90 Å². The lowest BCUT2D eigenvalue weighted by Crippen LogP contribution is -2.46. The molecule has 0 saturated carbocycles. The van der Waals surface area contributed by atoms with E-state index in [4.69, 9.17) is 0 Å². The number of aromatic nitrogens is 3. The van der Waals surface area contributed by atoms with Crippen molar-refractivity contribution in [3.63, 3.8) is 0 Å². The smallest absolute Gasteiger partial charge is 0.225 e. The van der Waals surface area contributed by atoms with Gasteiger partial charge in [-0.15, -0.1) is 0 Å². The predicted octanol–water partition coefficient (Wildman–Crippen LogP) is 1.19. The first kappa shape index (κ1) is 12.0. The second kappa shape index (κ2) is 5.75. The third-order valence-electron chi connectivity index (χ3n) is 3.36. The highest BCUT2D eigenvalue weighted by Crippen LogP contribution is 2.11. The fourth-order valence-corrected chi connectivity index (χ4v) is 2.31. The average molecular weight is 255 g/mol. The molecule has 1 aliphatic rings. The molecule has 3 heterocycles. The van der Waals surface area contributed by atoms with E-state index in [-0.39, 0.29) is 0 Å². The van der Waals surface area contributed by atoms with Gasteiger partial charge in [-0.05, 0) is 23.8 Å². The standard InChI is InChI=1S/C14H17N5/c1-4-16-14(17-5-1)19-10-8-18(9-11-19)12-13-2-6-15-7-3-13/h1-7H,8-12H2. The van der Waals surface area contributed by atoms with E-state index >= 15 is 0 Å². The Bertz CT molecular complexity index is 494. The van der Waals surface area contributed by atoms with Crippen molar-refractivity contribution in [2.75, 3.05) is 31.1 Å². The van der Waals surface area contributed by atoms with E-state index in [1.807, 2.05) is 18.5 Å². The Hall–Kier alpha value is -2.01. The van der Waals surface area contributed by atoms with Gasteiger partial charge >= 0.3 is 0 Å². The molecule has 1 saturated heterocycles. The predicted molar refractivity (Wildman–Crippen MR) is 73.8 cm³/mol. The van der Waals surface area contributed by atoms with Gasteiger partial charge in [-0.2, -0.15) is 0 Å². The Balaban J connectivity index is 1.55. The summed E-state index contributed by atoms with van der Waals surface area (Å²) < 4.78 is 0. The minimum atomic E-state index is 0.839. The first-order valence-corrected chi connectivity index (χ1v) is 6.55. The minimum absolute atomic E-state index is 0.839. The van der Waals surface area contributed by atoms with Gasteiger partial charge < -0.3 is 4.90 Å². The molecule has 0 atom stereocenters. The van der Waals surface area contributed by atoms with Gasteiger partial charge in [0.15, 0.2) is 0 Å². The molecule has 1 fully saturated rings. The summed E-state index contributed by atoms with van der Waals surface area (Å²) >= 11 is 0. The topological polar surface area (TPSA) is 45.2 Å². The Kier molecular flexibility index (Phi) is 3.65. The van der Waals surface area contributed by atoms with Gasteiger partial charge in [0.2, 0.25) is 5.95 Å². The van der Waals surface area contributed by atoms with Crippen LogP contribution in [0.2, 0.25) is 0 Å². The zero-order chi connectivity index (χ0) is 12.9. The van der Waals surface area contributed by atoms with Gasteiger partial charge in [0.1, 0.15) is 0 Å². The molecule has 19 heavy (non-hydrogen) atoms. The largest absolute Gasteiger partial charge is 0.338 e. The van der Waals surface area contributed by atoms with Crippen LogP contribution in [-0.4, -0.2) is 46.0 Å². The Morgan fingerprint density at radius 2 is 1.58 bits per heavy atom. The Labute approximate surface area is 112 Å². The van der Waals surface area contributed by atoms with Crippen LogP contribution in [0.5, 0.6) is 0 Å². The monoisotopic (exact) mass is 255 g/mol. The normalized spacial score (nSPS) is 16.5.